The predicted molar refractivity (Wildman–Crippen MR) is 60.5 cm³/mol. The summed E-state index contributed by atoms with van der Waals surface area (Å²) in [6.45, 7) is 2.63. The third kappa shape index (κ3) is 3.61. The Labute approximate surface area is 98.1 Å². The molecular weight excluding hydrogens is 262 g/mol. The van der Waals surface area contributed by atoms with Crippen LogP contribution in [0.25, 0.3) is 0 Å². The highest BCUT2D eigenvalue weighted by atomic mass is 79.9. The van der Waals surface area contributed by atoms with Crippen molar-refractivity contribution in [2.75, 3.05) is 14.2 Å². The lowest BCUT2D eigenvalue weighted by molar-refractivity contribution is -0.119. The average Bonchev–Trinajstić information content (AvgIpc) is 2.63. The van der Waals surface area contributed by atoms with Crippen LogP contribution in [-0.4, -0.2) is 26.6 Å². The van der Waals surface area contributed by atoms with E-state index in [1.54, 1.807) is 20.5 Å². The van der Waals surface area contributed by atoms with Crippen molar-refractivity contribution in [1.29, 1.82) is 0 Å². The van der Waals surface area contributed by atoms with Crippen LogP contribution in [0.4, 0.5) is 0 Å². The predicted octanol–water partition coefficient (Wildman–Crippen LogP) is 2.14. The van der Waals surface area contributed by atoms with Crippen LogP contribution in [0.15, 0.2) is 21.2 Å². The maximum Gasteiger partial charge on any atom is 0.171 e. The van der Waals surface area contributed by atoms with Gasteiger partial charge in [0.05, 0.1) is 23.3 Å². The van der Waals surface area contributed by atoms with Crippen LogP contribution in [-0.2, 0) is 16.0 Å². The van der Waals surface area contributed by atoms with E-state index in [1.165, 1.54) is 0 Å². The molecule has 0 aliphatic heterocycles. The van der Waals surface area contributed by atoms with Crippen molar-refractivity contribution < 1.29 is 13.9 Å². The summed E-state index contributed by atoms with van der Waals surface area (Å²) in [6, 6.07) is 1.96. The van der Waals surface area contributed by atoms with E-state index in [0.717, 1.165) is 10.2 Å². The molecule has 86 valence electrons. The Morgan fingerprint density at radius 1 is 1.47 bits per heavy atom. The Morgan fingerprint density at radius 3 is 2.60 bits per heavy atom. The van der Waals surface area contributed by atoms with Crippen molar-refractivity contribution >= 4 is 15.9 Å². The molecule has 0 fully saturated rings. The van der Waals surface area contributed by atoms with Crippen molar-refractivity contribution in [2.24, 2.45) is 0 Å². The maximum atomic E-state index is 5.27. The molecule has 5 heteroatoms. The van der Waals surface area contributed by atoms with Gasteiger partial charge in [-0.1, -0.05) is 0 Å². The summed E-state index contributed by atoms with van der Waals surface area (Å²) in [5, 5.41) is 3.25. The average molecular weight is 278 g/mol. The van der Waals surface area contributed by atoms with Gasteiger partial charge in [-0.3, -0.25) is 0 Å². The lowest BCUT2D eigenvalue weighted by Gasteiger charge is -2.21. The first-order valence-corrected chi connectivity index (χ1v) is 5.49. The van der Waals surface area contributed by atoms with Crippen molar-refractivity contribution in [3.63, 3.8) is 0 Å². The molecule has 0 aliphatic carbocycles. The van der Waals surface area contributed by atoms with Gasteiger partial charge in [0.25, 0.3) is 0 Å². The SMILES string of the molecule is COC(OC)C(C)NCc1occc1Br. The van der Waals surface area contributed by atoms with Crippen LogP contribution in [0.2, 0.25) is 0 Å². The first kappa shape index (κ1) is 12.7. The van der Waals surface area contributed by atoms with E-state index in [-0.39, 0.29) is 12.3 Å². The maximum absolute atomic E-state index is 5.27. The van der Waals surface area contributed by atoms with Crippen molar-refractivity contribution in [2.45, 2.75) is 25.8 Å². The van der Waals surface area contributed by atoms with Gasteiger partial charge in [-0.05, 0) is 28.9 Å². The molecule has 0 bridgehead atoms. The minimum Gasteiger partial charge on any atom is -0.467 e. The fraction of sp³-hybridized carbons (Fsp3) is 0.600. The van der Waals surface area contributed by atoms with Gasteiger partial charge in [-0.15, -0.1) is 0 Å². The molecule has 4 nitrogen and oxygen atoms in total. The van der Waals surface area contributed by atoms with E-state index >= 15 is 0 Å². The molecule has 1 rings (SSSR count). The normalized spacial score (nSPS) is 13.4. The molecular formula is C10H16BrNO3. The van der Waals surface area contributed by atoms with Crippen LogP contribution in [0, 0.1) is 0 Å². The van der Waals surface area contributed by atoms with Crippen LogP contribution in [0.3, 0.4) is 0 Å². The zero-order valence-corrected chi connectivity index (χ0v) is 10.7. The topological polar surface area (TPSA) is 43.6 Å². The fourth-order valence-corrected chi connectivity index (χ4v) is 1.65. The smallest absolute Gasteiger partial charge is 0.171 e. The molecule has 0 aromatic carbocycles. The summed E-state index contributed by atoms with van der Waals surface area (Å²) in [6.07, 6.45) is 1.40. The van der Waals surface area contributed by atoms with Gasteiger partial charge in [0.1, 0.15) is 5.76 Å². The number of hydrogen-bond donors (Lipinski definition) is 1. The van der Waals surface area contributed by atoms with E-state index < -0.39 is 0 Å². The molecule has 1 aromatic heterocycles. The van der Waals surface area contributed by atoms with E-state index in [2.05, 4.69) is 21.2 Å². The highest BCUT2D eigenvalue weighted by Crippen LogP contribution is 2.17. The number of halogens is 1. The zero-order chi connectivity index (χ0) is 11.3. The monoisotopic (exact) mass is 277 g/mol. The Morgan fingerprint density at radius 2 is 2.13 bits per heavy atom. The summed E-state index contributed by atoms with van der Waals surface area (Å²) >= 11 is 3.39. The molecule has 1 unspecified atom stereocenters. The van der Waals surface area contributed by atoms with Gasteiger partial charge in [-0.2, -0.15) is 0 Å². The molecule has 0 radical (unpaired) electrons. The molecule has 1 heterocycles. The highest BCUT2D eigenvalue weighted by molar-refractivity contribution is 9.10. The molecule has 0 saturated carbocycles. The van der Waals surface area contributed by atoms with Crippen molar-refractivity contribution in [3.05, 3.63) is 22.6 Å². The van der Waals surface area contributed by atoms with Crippen LogP contribution >= 0.6 is 15.9 Å². The van der Waals surface area contributed by atoms with Gasteiger partial charge in [-0.25, -0.2) is 0 Å². The molecule has 15 heavy (non-hydrogen) atoms. The van der Waals surface area contributed by atoms with E-state index in [1.807, 2.05) is 13.0 Å². The lowest BCUT2D eigenvalue weighted by atomic mass is 10.3. The van der Waals surface area contributed by atoms with E-state index in [4.69, 9.17) is 13.9 Å². The quantitative estimate of drug-likeness (QED) is 0.810. The van der Waals surface area contributed by atoms with E-state index in [0.29, 0.717) is 6.54 Å². The second-order valence-electron chi connectivity index (χ2n) is 3.20. The number of hydrogen-bond acceptors (Lipinski definition) is 4. The Balaban J connectivity index is 2.40. The summed E-state index contributed by atoms with van der Waals surface area (Å²) in [4.78, 5) is 0. The van der Waals surface area contributed by atoms with Gasteiger partial charge in [0.2, 0.25) is 0 Å². The fourth-order valence-electron chi connectivity index (χ4n) is 1.31. The second kappa shape index (κ2) is 6.27. The largest absolute Gasteiger partial charge is 0.467 e. The van der Waals surface area contributed by atoms with Crippen LogP contribution < -0.4 is 5.32 Å². The van der Waals surface area contributed by atoms with Crippen LogP contribution in [0.5, 0.6) is 0 Å². The number of ether oxygens (including phenoxy) is 2. The number of rotatable bonds is 6. The molecule has 0 spiro atoms. The number of methoxy groups -OCH3 is 2. The molecule has 1 atom stereocenters. The Kier molecular flexibility index (Phi) is 5.31. The minimum absolute atomic E-state index is 0.0944. The Hall–Kier alpha value is -0.360. The summed E-state index contributed by atoms with van der Waals surface area (Å²) in [5.74, 6) is 0.868. The molecule has 0 saturated heterocycles. The first-order chi connectivity index (χ1) is 7.19. The van der Waals surface area contributed by atoms with Gasteiger partial charge >= 0.3 is 0 Å². The molecule has 1 N–H and O–H groups in total. The van der Waals surface area contributed by atoms with Gasteiger partial charge < -0.3 is 19.2 Å². The molecule has 0 aliphatic rings. The lowest BCUT2D eigenvalue weighted by Crippen LogP contribution is -2.39. The summed E-state index contributed by atoms with van der Waals surface area (Å²) in [5.41, 5.74) is 0. The summed E-state index contributed by atoms with van der Waals surface area (Å²) in [7, 11) is 3.24. The first-order valence-electron chi connectivity index (χ1n) is 4.70. The summed E-state index contributed by atoms with van der Waals surface area (Å²) < 4.78 is 16.5. The highest BCUT2D eigenvalue weighted by Gasteiger charge is 2.15. The number of furan rings is 1. The minimum atomic E-state index is -0.251. The van der Waals surface area contributed by atoms with Gasteiger partial charge in [0, 0.05) is 14.2 Å². The Bertz CT molecular complexity index is 286. The number of nitrogens with one attached hydrogen (secondary N) is 1. The standard InChI is InChI=1S/C10H16BrNO3/c1-7(10(13-2)14-3)12-6-9-8(11)4-5-15-9/h4-5,7,10,12H,6H2,1-3H3. The van der Waals surface area contributed by atoms with Crippen LogP contribution in [0.1, 0.15) is 12.7 Å². The second-order valence-corrected chi connectivity index (χ2v) is 4.06. The van der Waals surface area contributed by atoms with E-state index in [9.17, 15) is 0 Å². The third-order valence-corrected chi connectivity index (χ3v) is 2.86. The molecule has 0 amide bonds. The van der Waals surface area contributed by atoms with Crippen molar-refractivity contribution in [3.8, 4) is 0 Å². The zero-order valence-electron chi connectivity index (χ0n) is 9.12. The third-order valence-electron chi connectivity index (χ3n) is 2.15. The van der Waals surface area contributed by atoms with Gasteiger partial charge in [0.15, 0.2) is 6.29 Å². The van der Waals surface area contributed by atoms with Crippen molar-refractivity contribution in [1.82, 2.24) is 5.32 Å². The molecule has 1 aromatic rings.